The van der Waals surface area contributed by atoms with Crippen LogP contribution in [0.4, 0.5) is 0 Å². The van der Waals surface area contributed by atoms with Crippen LogP contribution in [0.15, 0.2) is 0 Å². The molecule has 2 saturated carbocycles. The fourth-order valence-corrected chi connectivity index (χ4v) is 3.84. The zero-order valence-corrected chi connectivity index (χ0v) is 12.2. The van der Waals surface area contributed by atoms with Crippen molar-refractivity contribution in [2.45, 2.75) is 70.9 Å². The first kappa shape index (κ1) is 14.4. The van der Waals surface area contributed by atoms with E-state index in [9.17, 15) is 14.7 Å². The summed E-state index contributed by atoms with van der Waals surface area (Å²) in [6.07, 6.45) is 6.14. The molecule has 2 fully saturated rings. The smallest absolute Gasteiger partial charge is 0.329 e. The van der Waals surface area contributed by atoms with Gasteiger partial charge in [0.15, 0.2) is 0 Å². The molecule has 4 nitrogen and oxygen atoms in total. The molecule has 2 atom stereocenters. The number of nitrogens with zero attached hydrogens (tertiary/aromatic N) is 1. The van der Waals surface area contributed by atoms with Gasteiger partial charge in [-0.15, -0.1) is 0 Å². The van der Waals surface area contributed by atoms with Gasteiger partial charge in [-0.1, -0.05) is 33.6 Å². The van der Waals surface area contributed by atoms with Crippen molar-refractivity contribution >= 4 is 12.4 Å². The molecular formula is C15H25NO3. The Morgan fingerprint density at radius 1 is 1.26 bits per heavy atom. The zero-order valence-electron chi connectivity index (χ0n) is 12.2. The van der Waals surface area contributed by atoms with E-state index in [1.54, 1.807) is 4.90 Å². The summed E-state index contributed by atoms with van der Waals surface area (Å²) in [5, 5.41) is 9.90. The van der Waals surface area contributed by atoms with Gasteiger partial charge in [0, 0.05) is 6.04 Å². The second-order valence-corrected chi connectivity index (χ2v) is 7.14. The van der Waals surface area contributed by atoms with Gasteiger partial charge >= 0.3 is 5.97 Å². The summed E-state index contributed by atoms with van der Waals surface area (Å²) in [7, 11) is 0. The lowest BCUT2D eigenvalue weighted by atomic mass is 9.61. The monoisotopic (exact) mass is 267 g/mol. The number of carboxylic acids is 1. The van der Waals surface area contributed by atoms with Gasteiger partial charge in [0.2, 0.25) is 6.41 Å². The molecule has 0 spiro atoms. The molecule has 0 heterocycles. The van der Waals surface area contributed by atoms with Crippen LogP contribution < -0.4 is 0 Å². The summed E-state index contributed by atoms with van der Waals surface area (Å²) in [5.41, 5.74) is -1.09. The molecule has 0 saturated heterocycles. The van der Waals surface area contributed by atoms with Gasteiger partial charge < -0.3 is 10.0 Å². The SMILES string of the molecule is CC(C)(C)C1CCCCC1(C(=O)O)N(C=O)C1CC1. The third-order valence-electron chi connectivity index (χ3n) is 4.81. The summed E-state index contributed by atoms with van der Waals surface area (Å²) in [6.45, 7) is 6.28. The molecule has 19 heavy (non-hydrogen) atoms. The molecule has 0 aromatic heterocycles. The zero-order chi connectivity index (χ0) is 14.3. The summed E-state index contributed by atoms with van der Waals surface area (Å²) >= 11 is 0. The number of carbonyl (C=O) groups is 2. The minimum Gasteiger partial charge on any atom is -0.479 e. The van der Waals surface area contributed by atoms with Crippen LogP contribution in [0.2, 0.25) is 0 Å². The topological polar surface area (TPSA) is 57.6 Å². The van der Waals surface area contributed by atoms with Gasteiger partial charge in [0.05, 0.1) is 0 Å². The highest BCUT2D eigenvalue weighted by molar-refractivity contribution is 5.82. The standard InChI is InChI=1S/C15H25NO3/c1-14(2,3)12-6-4-5-9-15(12,13(18)19)16(10-17)11-7-8-11/h10-12H,4-9H2,1-3H3,(H,18,19). The summed E-state index contributed by atoms with van der Waals surface area (Å²) in [6, 6.07) is 0.150. The Morgan fingerprint density at radius 3 is 2.32 bits per heavy atom. The van der Waals surface area contributed by atoms with Gasteiger partial charge in [-0.25, -0.2) is 4.79 Å². The lowest BCUT2D eigenvalue weighted by Gasteiger charge is -2.51. The van der Waals surface area contributed by atoms with E-state index in [1.165, 1.54) is 0 Å². The van der Waals surface area contributed by atoms with E-state index >= 15 is 0 Å². The highest BCUT2D eigenvalue weighted by atomic mass is 16.4. The van der Waals surface area contributed by atoms with Crippen LogP contribution in [0, 0.1) is 11.3 Å². The second kappa shape index (κ2) is 4.80. The minimum atomic E-state index is -0.987. The molecule has 2 rings (SSSR count). The Labute approximate surface area is 115 Å². The average Bonchev–Trinajstić information content (AvgIpc) is 3.13. The minimum absolute atomic E-state index is 0.0250. The lowest BCUT2D eigenvalue weighted by molar-refractivity contribution is -0.168. The molecule has 0 aromatic carbocycles. The molecule has 2 aliphatic rings. The molecule has 1 amide bonds. The molecule has 0 radical (unpaired) electrons. The number of hydrogen-bond donors (Lipinski definition) is 1. The average molecular weight is 267 g/mol. The first-order chi connectivity index (χ1) is 8.84. The van der Waals surface area contributed by atoms with Crippen molar-refractivity contribution in [1.82, 2.24) is 4.90 Å². The van der Waals surface area contributed by atoms with Crippen LogP contribution in [0.25, 0.3) is 0 Å². The van der Waals surface area contributed by atoms with Crippen LogP contribution in [-0.4, -0.2) is 34.0 Å². The van der Waals surface area contributed by atoms with Gasteiger partial charge in [-0.3, -0.25) is 4.79 Å². The lowest BCUT2D eigenvalue weighted by Crippen LogP contribution is -2.63. The number of hydrogen-bond acceptors (Lipinski definition) is 2. The van der Waals surface area contributed by atoms with Crippen molar-refractivity contribution < 1.29 is 14.7 Å². The number of carbonyl (C=O) groups excluding carboxylic acids is 1. The van der Waals surface area contributed by atoms with E-state index in [2.05, 4.69) is 20.8 Å². The summed E-state index contributed by atoms with van der Waals surface area (Å²) in [4.78, 5) is 25.2. The molecule has 0 bridgehead atoms. The maximum atomic E-state index is 12.1. The maximum absolute atomic E-state index is 12.1. The number of amides is 1. The highest BCUT2D eigenvalue weighted by Crippen LogP contribution is 2.50. The van der Waals surface area contributed by atoms with E-state index in [0.29, 0.717) is 6.42 Å². The van der Waals surface area contributed by atoms with Crippen molar-refractivity contribution in [2.75, 3.05) is 0 Å². The first-order valence-electron chi connectivity index (χ1n) is 7.31. The van der Waals surface area contributed by atoms with E-state index in [1.807, 2.05) is 0 Å². The van der Waals surface area contributed by atoms with Crippen LogP contribution in [-0.2, 0) is 9.59 Å². The molecule has 108 valence electrons. The first-order valence-corrected chi connectivity index (χ1v) is 7.31. The van der Waals surface area contributed by atoms with Crippen LogP contribution in [0.3, 0.4) is 0 Å². The van der Waals surface area contributed by atoms with Gasteiger partial charge in [0.25, 0.3) is 0 Å². The molecule has 1 N–H and O–H groups in total. The summed E-state index contributed by atoms with van der Waals surface area (Å²) in [5.74, 6) is -0.789. The van der Waals surface area contributed by atoms with Crippen molar-refractivity contribution in [1.29, 1.82) is 0 Å². The summed E-state index contributed by atoms with van der Waals surface area (Å²) < 4.78 is 0. The predicted octanol–water partition coefficient (Wildman–Crippen LogP) is 2.67. The Balaban J connectivity index is 2.44. The molecular weight excluding hydrogens is 242 g/mol. The molecule has 0 aromatic rings. The van der Waals surface area contributed by atoms with Crippen molar-refractivity contribution in [3.8, 4) is 0 Å². The van der Waals surface area contributed by atoms with Crippen molar-refractivity contribution in [3.63, 3.8) is 0 Å². The van der Waals surface area contributed by atoms with Crippen molar-refractivity contribution in [3.05, 3.63) is 0 Å². The fraction of sp³-hybridized carbons (Fsp3) is 0.867. The number of aliphatic carboxylic acids is 1. The van der Waals surface area contributed by atoms with E-state index in [4.69, 9.17) is 0 Å². The Bertz CT molecular complexity index is 370. The van der Waals surface area contributed by atoms with E-state index in [-0.39, 0.29) is 17.4 Å². The maximum Gasteiger partial charge on any atom is 0.329 e. The molecule has 2 aliphatic carbocycles. The quantitative estimate of drug-likeness (QED) is 0.797. The Kier molecular flexibility index (Phi) is 3.63. The molecule has 0 aliphatic heterocycles. The van der Waals surface area contributed by atoms with Gasteiger partial charge in [-0.2, -0.15) is 0 Å². The van der Waals surface area contributed by atoms with Gasteiger partial charge in [-0.05, 0) is 37.0 Å². The molecule has 2 unspecified atom stereocenters. The second-order valence-electron chi connectivity index (χ2n) is 7.14. The van der Waals surface area contributed by atoms with E-state index < -0.39 is 11.5 Å². The third kappa shape index (κ3) is 2.37. The van der Waals surface area contributed by atoms with Gasteiger partial charge in [0.1, 0.15) is 5.54 Å². The Hall–Kier alpha value is -1.06. The highest BCUT2D eigenvalue weighted by Gasteiger charge is 2.57. The van der Waals surface area contributed by atoms with Crippen molar-refractivity contribution in [2.24, 2.45) is 11.3 Å². The number of carboxylic acid groups (broad SMARTS) is 1. The largest absolute Gasteiger partial charge is 0.479 e. The van der Waals surface area contributed by atoms with Crippen LogP contribution in [0.5, 0.6) is 0 Å². The normalized spacial score (nSPS) is 31.8. The fourth-order valence-electron chi connectivity index (χ4n) is 3.84. The van der Waals surface area contributed by atoms with Crippen LogP contribution >= 0.6 is 0 Å². The predicted molar refractivity (Wildman–Crippen MR) is 72.7 cm³/mol. The molecule has 4 heteroatoms. The van der Waals surface area contributed by atoms with E-state index in [0.717, 1.165) is 38.5 Å². The third-order valence-corrected chi connectivity index (χ3v) is 4.81. The number of rotatable bonds is 4. The Morgan fingerprint density at radius 2 is 1.89 bits per heavy atom. The van der Waals surface area contributed by atoms with Crippen LogP contribution in [0.1, 0.15) is 59.3 Å².